The minimum absolute atomic E-state index is 0.783. The van der Waals surface area contributed by atoms with Crippen LogP contribution < -0.4 is 0 Å². The number of nitrogens with zero attached hydrogens (tertiary/aromatic N) is 2. The summed E-state index contributed by atoms with van der Waals surface area (Å²) in [5.41, 5.74) is 1.83. The predicted molar refractivity (Wildman–Crippen MR) is 54.9 cm³/mol. The Kier molecular flexibility index (Phi) is 1.40. The van der Waals surface area contributed by atoms with Crippen LogP contribution in [0.3, 0.4) is 0 Å². The molecule has 0 bridgehead atoms. The fourth-order valence-corrected chi connectivity index (χ4v) is 1.52. The number of fused-ring (bicyclic) bond motifs is 3. The Labute approximate surface area is 80.1 Å². The molecule has 3 rings (SSSR count). The number of aliphatic imine (C=N–C) groups is 1. The lowest BCUT2D eigenvalue weighted by Gasteiger charge is -1.87. The van der Waals surface area contributed by atoms with Crippen LogP contribution in [0.5, 0.6) is 0 Å². The van der Waals surface area contributed by atoms with Gasteiger partial charge >= 0.3 is 0 Å². The van der Waals surface area contributed by atoms with Crippen LogP contribution in [0, 0.1) is 0 Å². The van der Waals surface area contributed by atoms with Gasteiger partial charge in [-0.05, 0) is 18.0 Å². The molecule has 1 aliphatic rings. The molecule has 2 aromatic rings. The van der Waals surface area contributed by atoms with Crippen molar-refractivity contribution in [2.24, 2.45) is 4.99 Å². The molecule has 14 heavy (non-hydrogen) atoms. The standard InChI is InChI=1S/C11H6N2O/c1-4-12-6-3-10-8(1)9-2-5-13-7-11(9)14-10/h1-5,7H. The Balaban J connectivity index is 2.46. The summed E-state index contributed by atoms with van der Waals surface area (Å²) in [6, 6.07) is 1.93. The van der Waals surface area contributed by atoms with Crippen LogP contribution >= 0.6 is 0 Å². The molecular formula is C11H6N2O. The number of rotatable bonds is 0. The van der Waals surface area contributed by atoms with Crippen molar-refractivity contribution in [1.29, 1.82) is 0 Å². The van der Waals surface area contributed by atoms with Gasteiger partial charge in [0.2, 0.25) is 0 Å². The van der Waals surface area contributed by atoms with Crippen LogP contribution in [0.1, 0.15) is 11.3 Å². The first-order valence-corrected chi connectivity index (χ1v) is 4.27. The Morgan fingerprint density at radius 2 is 2.36 bits per heavy atom. The molecule has 0 fully saturated rings. The van der Waals surface area contributed by atoms with Crippen LogP contribution in [-0.2, 0) is 0 Å². The monoisotopic (exact) mass is 182 g/mol. The second-order valence-electron chi connectivity index (χ2n) is 2.97. The maximum absolute atomic E-state index is 5.58. The van der Waals surface area contributed by atoms with Crippen molar-refractivity contribution in [3.63, 3.8) is 0 Å². The molecule has 0 amide bonds. The van der Waals surface area contributed by atoms with Crippen molar-refractivity contribution in [1.82, 2.24) is 4.98 Å². The molecule has 3 heterocycles. The highest BCUT2D eigenvalue weighted by atomic mass is 16.3. The highest BCUT2D eigenvalue weighted by Crippen LogP contribution is 2.27. The molecule has 2 aromatic heterocycles. The number of hydrogen-bond acceptors (Lipinski definition) is 3. The van der Waals surface area contributed by atoms with E-state index in [1.54, 1.807) is 24.7 Å². The minimum Gasteiger partial charge on any atom is -0.454 e. The van der Waals surface area contributed by atoms with Gasteiger partial charge in [0, 0.05) is 29.4 Å². The van der Waals surface area contributed by atoms with Gasteiger partial charge in [-0.25, -0.2) is 4.99 Å². The largest absolute Gasteiger partial charge is 0.454 e. The highest BCUT2D eigenvalue weighted by Gasteiger charge is 2.09. The van der Waals surface area contributed by atoms with E-state index in [0.29, 0.717) is 0 Å². The first kappa shape index (κ1) is 7.30. The fourth-order valence-electron chi connectivity index (χ4n) is 1.52. The summed E-state index contributed by atoms with van der Waals surface area (Å²) in [6.45, 7) is 0. The fraction of sp³-hybridized carbons (Fsp3) is 0. The summed E-state index contributed by atoms with van der Waals surface area (Å²) >= 11 is 0. The van der Waals surface area contributed by atoms with E-state index in [2.05, 4.69) is 15.8 Å². The average molecular weight is 182 g/mol. The summed E-state index contributed by atoms with van der Waals surface area (Å²) in [6.07, 6.45) is 8.81. The summed E-state index contributed by atoms with van der Waals surface area (Å²) in [5, 5.41) is 1.06. The second kappa shape index (κ2) is 2.69. The van der Waals surface area contributed by atoms with Gasteiger partial charge in [-0.2, -0.15) is 0 Å². The van der Waals surface area contributed by atoms with Gasteiger partial charge in [0.05, 0.1) is 6.20 Å². The molecule has 0 aromatic carbocycles. The molecule has 0 saturated carbocycles. The molecule has 66 valence electrons. The summed E-state index contributed by atoms with van der Waals surface area (Å²) in [5.74, 6) is 3.55. The van der Waals surface area contributed by atoms with Gasteiger partial charge in [-0.15, -0.1) is 0 Å². The van der Waals surface area contributed by atoms with E-state index < -0.39 is 0 Å². The second-order valence-corrected chi connectivity index (χ2v) is 2.97. The number of furan rings is 1. The highest BCUT2D eigenvalue weighted by molar-refractivity contribution is 5.94. The van der Waals surface area contributed by atoms with E-state index in [9.17, 15) is 0 Å². The molecule has 0 N–H and O–H groups in total. The minimum atomic E-state index is 0.783. The van der Waals surface area contributed by atoms with Crippen molar-refractivity contribution < 1.29 is 4.42 Å². The summed E-state index contributed by atoms with van der Waals surface area (Å²) < 4.78 is 5.58. The molecule has 0 atom stereocenters. The molecule has 3 nitrogen and oxygen atoms in total. The van der Waals surface area contributed by atoms with Gasteiger partial charge in [-0.3, -0.25) is 4.98 Å². The SMILES string of the molecule is C1=Cc2oc3cnccc3c2C=CN=1. The third-order valence-corrected chi connectivity index (χ3v) is 2.15. The first-order chi connectivity index (χ1) is 6.95. The lowest BCUT2D eigenvalue weighted by molar-refractivity contribution is 0.602. The number of pyridine rings is 1. The molecule has 0 unspecified atom stereocenters. The Bertz CT molecular complexity index is 586. The smallest absolute Gasteiger partial charge is 0.153 e. The zero-order chi connectivity index (χ0) is 9.38. The van der Waals surface area contributed by atoms with Crippen LogP contribution in [-0.4, -0.2) is 10.9 Å². The normalized spacial score (nSPS) is 13.1. The summed E-state index contributed by atoms with van der Waals surface area (Å²) in [7, 11) is 0. The topological polar surface area (TPSA) is 38.4 Å². The maximum atomic E-state index is 5.58. The van der Waals surface area contributed by atoms with Gasteiger partial charge < -0.3 is 4.42 Å². The lowest BCUT2D eigenvalue weighted by atomic mass is 10.1. The van der Waals surface area contributed by atoms with Crippen molar-refractivity contribution in [3.8, 4) is 0 Å². The predicted octanol–water partition coefficient (Wildman–Crippen LogP) is 2.50. The van der Waals surface area contributed by atoms with Crippen molar-refractivity contribution in [3.05, 3.63) is 36.0 Å². The van der Waals surface area contributed by atoms with Crippen LogP contribution in [0.4, 0.5) is 0 Å². The Morgan fingerprint density at radius 1 is 1.36 bits per heavy atom. The molecule has 3 heteroatoms. The Morgan fingerprint density at radius 3 is 3.36 bits per heavy atom. The van der Waals surface area contributed by atoms with E-state index in [4.69, 9.17) is 4.42 Å². The molecule has 0 aliphatic carbocycles. The third-order valence-electron chi connectivity index (χ3n) is 2.15. The van der Waals surface area contributed by atoms with Crippen molar-refractivity contribution in [2.75, 3.05) is 0 Å². The molecule has 0 saturated heterocycles. The van der Waals surface area contributed by atoms with E-state index in [1.807, 2.05) is 12.1 Å². The van der Waals surface area contributed by atoms with Crippen molar-refractivity contribution >= 4 is 29.0 Å². The maximum Gasteiger partial charge on any atom is 0.153 e. The quantitative estimate of drug-likeness (QED) is 0.627. The zero-order valence-electron chi connectivity index (χ0n) is 7.27. The average Bonchev–Trinajstić information content (AvgIpc) is 2.42. The Hall–Kier alpha value is -2.12. The zero-order valence-corrected chi connectivity index (χ0v) is 7.27. The number of aromatic nitrogens is 1. The molecule has 0 radical (unpaired) electrons. The van der Waals surface area contributed by atoms with Crippen LogP contribution in [0.2, 0.25) is 0 Å². The van der Waals surface area contributed by atoms with Gasteiger partial charge in [0.25, 0.3) is 0 Å². The first-order valence-electron chi connectivity index (χ1n) is 4.27. The molecular weight excluding hydrogens is 176 g/mol. The molecule has 0 spiro atoms. The van der Waals surface area contributed by atoms with Gasteiger partial charge in [-0.1, -0.05) is 0 Å². The number of hydrogen-bond donors (Lipinski definition) is 0. The van der Waals surface area contributed by atoms with Crippen molar-refractivity contribution in [2.45, 2.75) is 0 Å². The molecule has 1 aliphatic heterocycles. The summed E-state index contributed by atoms with van der Waals surface area (Å²) in [4.78, 5) is 7.91. The van der Waals surface area contributed by atoms with Gasteiger partial charge in [0.15, 0.2) is 5.58 Å². The lowest BCUT2D eigenvalue weighted by Crippen LogP contribution is -1.72. The van der Waals surface area contributed by atoms with E-state index in [-0.39, 0.29) is 0 Å². The van der Waals surface area contributed by atoms with Gasteiger partial charge in [0.1, 0.15) is 5.76 Å². The van der Waals surface area contributed by atoms with E-state index in [0.717, 1.165) is 22.3 Å². The third kappa shape index (κ3) is 0.934. The van der Waals surface area contributed by atoms with Crippen LogP contribution in [0.25, 0.3) is 23.1 Å². The van der Waals surface area contributed by atoms with Crippen LogP contribution in [0.15, 0.2) is 34.1 Å². The van der Waals surface area contributed by atoms with E-state index in [1.165, 1.54) is 0 Å². The van der Waals surface area contributed by atoms with E-state index >= 15 is 0 Å².